The standard InChI is InChI=1S/C49H83ClN12O19/c1-4-6-7-8-9-10-11-14-26(64)21-34(66)54-32-24-81-49(80)37(33(65)23-50)61-40(70)27(5-2)55-46(76)36(25(3)63)60-43(73)30(17-20-53)58-47(77)38(39(69)48(78)79)62-42(72)28(15-12-13-18-51)56-44(74)31(22-35(67)68)59-41(71)29(16-19-52)57-45(32)75/h5,25-26,28-33,36-39,63-65,69H,4,6-24,51-53H2,1-3H3,(H,54,66)(H,55,76)(H,56,74)(H,57,75)(H,58,77)(H,59,71)(H,60,73)(H,61,70)(H,62,72)(H,67,68)(H,78,79)/b27-5+/t25-,26?,28-,29+,30-,31-,32-,33+,36-,37-,38-,39-/m0/s1. The summed E-state index contributed by atoms with van der Waals surface area (Å²) in [5.74, 6) is -17.7. The zero-order valence-electron chi connectivity index (χ0n) is 45.7. The molecule has 9 amide bonds. The Morgan fingerprint density at radius 3 is 1.69 bits per heavy atom. The van der Waals surface area contributed by atoms with E-state index in [0.29, 0.717) is 6.42 Å². The fourth-order valence-corrected chi connectivity index (χ4v) is 8.05. The van der Waals surface area contributed by atoms with Gasteiger partial charge in [-0.2, -0.15) is 0 Å². The maximum absolute atomic E-state index is 14.1. The van der Waals surface area contributed by atoms with Crippen LogP contribution in [-0.4, -0.2) is 207 Å². The number of carbonyl (C=O) groups is 12. The Kier molecular flexibility index (Phi) is 34.8. The Morgan fingerprint density at radius 2 is 1.16 bits per heavy atom. The number of esters is 1. The molecule has 21 N–H and O–H groups in total. The summed E-state index contributed by atoms with van der Waals surface area (Å²) in [6.45, 7) is 2.53. The van der Waals surface area contributed by atoms with Crippen LogP contribution in [0.5, 0.6) is 0 Å². The highest BCUT2D eigenvalue weighted by molar-refractivity contribution is 6.18. The zero-order valence-corrected chi connectivity index (χ0v) is 46.5. The second kappa shape index (κ2) is 38.9. The maximum Gasteiger partial charge on any atom is 0.335 e. The van der Waals surface area contributed by atoms with Crippen LogP contribution in [0.2, 0.25) is 0 Å². The number of rotatable bonds is 26. The van der Waals surface area contributed by atoms with Crippen molar-refractivity contribution in [1.82, 2.24) is 47.9 Å². The predicted molar refractivity (Wildman–Crippen MR) is 286 cm³/mol. The van der Waals surface area contributed by atoms with E-state index in [9.17, 15) is 88.2 Å². The van der Waals surface area contributed by atoms with E-state index in [4.69, 9.17) is 33.5 Å². The zero-order chi connectivity index (χ0) is 61.4. The number of aliphatic hydroxyl groups is 4. The predicted octanol–water partition coefficient (Wildman–Crippen LogP) is -5.94. The van der Waals surface area contributed by atoms with Crippen LogP contribution >= 0.6 is 11.6 Å². The van der Waals surface area contributed by atoms with Gasteiger partial charge in [-0.15, -0.1) is 11.6 Å². The number of alkyl halides is 1. The second-order valence-corrected chi connectivity index (χ2v) is 19.5. The summed E-state index contributed by atoms with van der Waals surface area (Å²) in [7, 11) is 0. The average Bonchev–Trinajstić information content (AvgIpc) is 3.41. The number of halogens is 1. The van der Waals surface area contributed by atoms with E-state index < -0.39 is 188 Å². The molecule has 0 aromatic carbocycles. The lowest BCUT2D eigenvalue weighted by Crippen LogP contribution is -2.63. The highest BCUT2D eigenvalue weighted by Gasteiger charge is 2.40. The molecule has 0 bridgehead atoms. The van der Waals surface area contributed by atoms with Crippen LogP contribution in [0.4, 0.5) is 0 Å². The number of nitrogens with two attached hydrogens (primary N) is 3. The van der Waals surface area contributed by atoms with E-state index >= 15 is 0 Å². The Bertz CT molecular complexity index is 2160. The Labute approximate surface area is 473 Å². The number of carboxylic acid groups (broad SMARTS) is 2. The number of hydrogen-bond acceptors (Lipinski definition) is 20. The molecule has 1 aliphatic heterocycles. The number of ether oxygens (including phenoxy) is 1. The highest BCUT2D eigenvalue weighted by atomic mass is 35.5. The molecule has 0 aromatic heterocycles. The van der Waals surface area contributed by atoms with Gasteiger partial charge in [-0.1, -0.05) is 57.9 Å². The number of hydrogen-bond donors (Lipinski definition) is 18. The summed E-state index contributed by atoms with van der Waals surface area (Å²) in [5, 5.41) is 82.0. The fourth-order valence-electron chi connectivity index (χ4n) is 7.87. The van der Waals surface area contributed by atoms with Crippen LogP contribution in [0.1, 0.15) is 117 Å². The molecule has 81 heavy (non-hydrogen) atoms. The SMILES string of the molecule is C/C=C1/NC(=O)[C@H]([C@H](C)O)NC(=O)[C@H](CCN)NC(=O)[C@H]([C@H](O)C(=O)O)NC(=O)[C@H](CCCCN)NC(=O)[C@H](CC(=O)O)NC(=O)[C@@H](CCN)NC(=O)[C@@H](NC(=O)CC(O)CCCCCCCCC)COC(=O)[C@H]([C@H](O)CCl)NC1=O. The van der Waals surface area contributed by atoms with E-state index in [1.165, 1.54) is 6.92 Å². The smallest absolute Gasteiger partial charge is 0.335 e. The van der Waals surface area contributed by atoms with Gasteiger partial charge in [0.1, 0.15) is 54.6 Å². The minimum atomic E-state index is -2.77. The van der Waals surface area contributed by atoms with Gasteiger partial charge in [-0.25, -0.2) is 9.59 Å². The lowest BCUT2D eigenvalue weighted by atomic mass is 10.0. The summed E-state index contributed by atoms with van der Waals surface area (Å²) in [4.78, 5) is 162. The van der Waals surface area contributed by atoms with E-state index in [1.54, 1.807) is 0 Å². The molecule has 32 heteroatoms. The second-order valence-electron chi connectivity index (χ2n) is 19.2. The number of aliphatic carboxylic acids is 2. The molecule has 1 rings (SSSR count). The summed E-state index contributed by atoms with van der Waals surface area (Å²) in [6, 6.07) is -16.0. The number of aliphatic hydroxyl groups excluding tert-OH is 4. The molecular formula is C49H83ClN12O19. The number of unbranched alkanes of at least 4 members (excludes halogenated alkanes) is 7. The van der Waals surface area contributed by atoms with Crippen LogP contribution in [0.3, 0.4) is 0 Å². The minimum absolute atomic E-state index is 0.0455. The van der Waals surface area contributed by atoms with Crippen LogP contribution in [0.25, 0.3) is 0 Å². The molecule has 0 saturated carbocycles. The van der Waals surface area contributed by atoms with Crippen LogP contribution in [-0.2, 0) is 62.3 Å². The number of nitrogens with one attached hydrogen (secondary N) is 9. The summed E-state index contributed by atoms with van der Waals surface area (Å²) in [6.07, 6.45) is -2.92. The van der Waals surface area contributed by atoms with Crippen molar-refractivity contribution in [1.29, 1.82) is 0 Å². The van der Waals surface area contributed by atoms with Crippen LogP contribution < -0.4 is 65.1 Å². The molecule has 0 spiro atoms. The molecular weight excluding hydrogens is 1100 g/mol. The van der Waals surface area contributed by atoms with Gasteiger partial charge in [0.25, 0.3) is 5.91 Å². The first kappa shape index (κ1) is 72.4. The first-order valence-electron chi connectivity index (χ1n) is 26.7. The first-order valence-corrected chi connectivity index (χ1v) is 27.2. The van der Waals surface area contributed by atoms with Gasteiger partial charge in [0.15, 0.2) is 12.1 Å². The molecule has 31 nitrogen and oxygen atoms in total. The largest absolute Gasteiger partial charge is 0.481 e. The van der Waals surface area contributed by atoms with Gasteiger partial charge >= 0.3 is 17.9 Å². The van der Waals surface area contributed by atoms with Gasteiger partial charge in [0.2, 0.25) is 47.3 Å². The molecule has 1 fully saturated rings. The normalized spacial score (nSPS) is 24.8. The minimum Gasteiger partial charge on any atom is -0.481 e. The fraction of sp³-hybridized carbons (Fsp3) is 0.714. The van der Waals surface area contributed by atoms with Gasteiger partial charge in [0, 0.05) is 0 Å². The molecule has 1 aliphatic rings. The molecule has 0 radical (unpaired) electrons. The van der Waals surface area contributed by atoms with Crippen molar-refractivity contribution < 1.29 is 92.9 Å². The highest BCUT2D eigenvalue weighted by Crippen LogP contribution is 2.13. The van der Waals surface area contributed by atoms with Gasteiger partial charge in [-0.3, -0.25) is 47.9 Å². The number of carbonyl (C=O) groups excluding carboxylic acids is 10. The summed E-state index contributed by atoms with van der Waals surface area (Å²) >= 11 is 5.88. The Hall–Kier alpha value is -6.61. The number of allylic oxidation sites excluding steroid dienone is 1. The van der Waals surface area contributed by atoms with Gasteiger partial charge in [0.05, 0.1) is 37.0 Å². The molecule has 0 aliphatic carbocycles. The molecule has 1 heterocycles. The number of amides is 9. The van der Waals surface area contributed by atoms with Crippen molar-refractivity contribution in [3.8, 4) is 0 Å². The lowest BCUT2D eigenvalue weighted by molar-refractivity contribution is -0.153. The third kappa shape index (κ3) is 26.7. The number of carboxylic acids is 2. The first-order chi connectivity index (χ1) is 38.3. The van der Waals surface area contributed by atoms with Crippen molar-refractivity contribution in [2.75, 3.05) is 32.1 Å². The van der Waals surface area contributed by atoms with Crippen LogP contribution in [0, 0.1) is 0 Å². The Morgan fingerprint density at radius 1 is 0.642 bits per heavy atom. The van der Waals surface area contributed by atoms with E-state index in [-0.39, 0.29) is 45.3 Å². The molecule has 1 saturated heterocycles. The number of cyclic esters (lactones) is 1. The molecule has 1 unspecified atom stereocenters. The maximum atomic E-state index is 14.1. The van der Waals surface area contributed by atoms with E-state index in [0.717, 1.165) is 51.5 Å². The van der Waals surface area contributed by atoms with Crippen molar-refractivity contribution in [3.05, 3.63) is 11.8 Å². The molecule has 0 aromatic rings. The third-order valence-electron chi connectivity index (χ3n) is 12.5. The van der Waals surface area contributed by atoms with Crippen LogP contribution in [0.15, 0.2) is 11.8 Å². The monoisotopic (exact) mass is 1180 g/mol. The quantitative estimate of drug-likeness (QED) is 0.0166. The van der Waals surface area contributed by atoms with Gasteiger partial charge < -0.3 is 100 Å². The average molecular weight is 1180 g/mol. The van der Waals surface area contributed by atoms with E-state index in [1.807, 2.05) is 5.32 Å². The lowest BCUT2D eigenvalue weighted by Gasteiger charge is -2.29. The summed E-state index contributed by atoms with van der Waals surface area (Å²) < 4.78 is 5.32. The van der Waals surface area contributed by atoms with Crippen molar-refractivity contribution >= 4 is 82.7 Å². The summed E-state index contributed by atoms with van der Waals surface area (Å²) in [5.41, 5.74) is 16.4. The van der Waals surface area contributed by atoms with E-state index in [2.05, 4.69) is 49.5 Å². The topological polar surface area (TPSA) is 522 Å². The molecule has 460 valence electrons. The van der Waals surface area contributed by atoms with Crippen molar-refractivity contribution in [3.63, 3.8) is 0 Å². The molecule has 12 atom stereocenters. The Balaban J connectivity index is 4.05. The van der Waals surface area contributed by atoms with Crippen molar-refractivity contribution in [2.24, 2.45) is 17.2 Å². The van der Waals surface area contributed by atoms with Gasteiger partial charge in [-0.05, 0) is 72.0 Å². The van der Waals surface area contributed by atoms with Crippen molar-refractivity contribution in [2.45, 2.75) is 190 Å². The third-order valence-corrected chi connectivity index (χ3v) is 12.8.